The minimum absolute atomic E-state index is 0. The quantitative estimate of drug-likeness (QED) is 0.844. The Balaban J connectivity index is 0.00000242. The van der Waals surface area contributed by atoms with Crippen LogP contribution in [0.25, 0.3) is 0 Å². The summed E-state index contributed by atoms with van der Waals surface area (Å²) in [6, 6.07) is 8.30. The maximum absolute atomic E-state index is 12.0. The average molecular weight is 327 g/mol. The smallest absolute Gasteiger partial charge is 0.222 e. The minimum atomic E-state index is 0. The Kier molecular flexibility index (Phi) is 7.69. The van der Waals surface area contributed by atoms with Crippen LogP contribution >= 0.6 is 12.4 Å². The van der Waals surface area contributed by atoms with Crippen LogP contribution in [0.2, 0.25) is 0 Å². The lowest BCUT2D eigenvalue weighted by Gasteiger charge is -2.17. The lowest BCUT2D eigenvalue weighted by atomic mass is 10.1. The Bertz CT molecular complexity index is 456. The van der Waals surface area contributed by atoms with Crippen LogP contribution < -0.4 is 15.4 Å². The first kappa shape index (κ1) is 18.8. The number of carbonyl (C=O) groups excluding carboxylic acids is 1. The lowest BCUT2D eigenvalue weighted by molar-refractivity contribution is -0.122. The molecule has 1 aliphatic rings. The molecule has 124 valence electrons. The van der Waals surface area contributed by atoms with E-state index >= 15 is 0 Å². The molecule has 4 nitrogen and oxygen atoms in total. The van der Waals surface area contributed by atoms with E-state index < -0.39 is 0 Å². The molecule has 2 unspecified atom stereocenters. The van der Waals surface area contributed by atoms with Crippen molar-refractivity contribution in [2.45, 2.75) is 58.2 Å². The highest BCUT2D eigenvalue weighted by Crippen LogP contribution is 2.19. The molecule has 0 spiro atoms. The van der Waals surface area contributed by atoms with Crippen LogP contribution in [0.1, 0.15) is 51.6 Å². The van der Waals surface area contributed by atoms with Crippen molar-refractivity contribution >= 4 is 18.3 Å². The topological polar surface area (TPSA) is 50.4 Å². The van der Waals surface area contributed by atoms with Gasteiger partial charge in [0.15, 0.2) is 0 Å². The summed E-state index contributed by atoms with van der Waals surface area (Å²) in [7, 11) is 0. The van der Waals surface area contributed by atoms with Crippen molar-refractivity contribution in [3.63, 3.8) is 0 Å². The van der Waals surface area contributed by atoms with Gasteiger partial charge in [-0.3, -0.25) is 4.79 Å². The normalized spacial score (nSPS) is 18.6. The van der Waals surface area contributed by atoms with Crippen molar-refractivity contribution in [3.05, 3.63) is 29.8 Å². The van der Waals surface area contributed by atoms with E-state index in [9.17, 15) is 4.79 Å². The van der Waals surface area contributed by atoms with Crippen molar-refractivity contribution < 1.29 is 9.53 Å². The Hall–Kier alpha value is -1.26. The highest BCUT2D eigenvalue weighted by Gasteiger charge is 2.18. The number of nitrogens with one attached hydrogen (secondary N) is 2. The number of carbonyl (C=O) groups is 1. The first-order valence-corrected chi connectivity index (χ1v) is 7.84. The summed E-state index contributed by atoms with van der Waals surface area (Å²) in [5, 5.41) is 6.41. The SMILES string of the molecule is CC(C)Oc1ccc(C(C)NC(=O)CC2CCCN2)cc1.Cl. The van der Waals surface area contributed by atoms with Gasteiger partial charge >= 0.3 is 0 Å². The van der Waals surface area contributed by atoms with E-state index in [1.807, 2.05) is 45.0 Å². The summed E-state index contributed by atoms with van der Waals surface area (Å²) >= 11 is 0. The minimum Gasteiger partial charge on any atom is -0.491 e. The van der Waals surface area contributed by atoms with Gasteiger partial charge in [0.1, 0.15) is 5.75 Å². The number of amides is 1. The van der Waals surface area contributed by atoms with Gasteiger partial charge in [-0.1, -0.05) is 12.1 Å². The molecule has 0 saturated carbocycles. The molecule has 1 aromatic carbocycles. The predicted molar refractivity (Wildman–Crippen MR) is 91.7 cm³/mol. The Morgan fingerprint density at radius 2 is 2.00 bits per heavy atom. The molecule has 2 rings (SSSR count). The van der Waals surface area contributed by atoms with Gasteiger partial charge in [-0.2, -0.15) is 0 Å². The van der Waals surface area contributed by atoms with Crippen LogP contribution in [0.4, 0.5) is 0 Å². The zero-order chi connectivity index (χ0) is 15.2. The second kappa shape index (κ2) is 9.01. The number of ether oxygens (including phenoxy) is 1. The Morgan fingerprint density at radius 3 is 2.55 bits per heavy atom. The van der Waals surface area contributed by atoms with Gasteiger partial charge in [0.25, 0.3) is 0 Å². The van der Waals surface area contributed by atoms with E-state index in [4.69, 9.17) is 4.74 Å². The summed E-state index contributed by atoms with van der Waals surface area (Å²) < 4.78 is 5.62. The van der Waals surface area contributed by atoms with Gasteiger partial charge in [-0.15, -0.1) is 12.4 Å². The number of halogens is 1. The monoisotopic (exact) mass is 326 g/mol. The second-order valence-electron chi connectivity index (χ2n) is 6.02. The molecule has 1 heterocycles. The molecule has 0 aromatic heterocycles. The summed E-state index contributed by atoms with van der Waals surface area (Å²) in [4.78, 5) is 12.0. The van der Waals surface area contributed by atoms with Crippen LogP contribution in [0.15, 0.2) is 24.3 Å². The molecule has 1 aromatic rings. The summed E-state index contributed by atoms with van der Waals surface area (Å²) in [5.74, 6) is 0.979. The molecular weight excluding hydrogens is 300 g/mol. The fourth-order valence-electron chi connectivity index (χ4n) is 2.65. The molecule has 2 atom stereocenters. The third-order valence-electron chi connectivity index (χ3n) is 3.72. The standard InChI is InChI=1S/C17H26N2O2.ClH/c1-12(2)21-16-8-6-14(7-9-16)13(3)19-17(20)11-15-5-4-10-18-15;/h6-9,12-13,15,18H,4-5,10-11H2,1-3H3,(H,19,20);1H. The van der Waals surface area contributed by atoms with Crippen molar-refractivity contribution in [3.8, 4) is 5.75 Å². The van der Waals surface area contributed by atoms with E-state index in [-0.39, 0.29) is 30.5 Å². The zero-order valence-corrected chi connectivity index (χ0v) is 14.4. The predicted octanol–water partition coefficient (Wildman–Crippen LogP) is 3.21. The molecule has 1 aliphatic heterocycles. The highest BCUT2D eigenvalue weighted by molar-refractivity contribution is 5.85. The van der Waals surface area contributed by atoms with Gasteiger partial charge < -0.3 is 15.4 Å². The molecule has 1 fully saturated rings. The summed E-state index contributed by atoms with van der Waals surface area (Å²) in [5.41, 5.74) is 1.10. The van der Waals surface area contributed by atoms with E-state index in [1.165, 1.54) is 6.42 Å². The molecule has 1 saturated heterocycles. The van der Waals surface area contributed by atoms with E-state index in [0.717, 1.165) is 24.3 Å². The average Bonchev–Trinajstić information content (AvgIpc) is 2.91. The van der Waals surface area contributed by atoms with Gasteiger partial charge in [0, 0.05) is 12.5 Å². The van der Waals surface area contributed by atoms with E-state index in [1.54, 1.807) is 0 Å². The summed E-state index contributed by atoms with van der Waals surface area (Å²) in [6.45, 7) is 7.06. The largest absolute Gasteiger partial charge is 0.491 e. The third-order valence-corrected chi connectivity index (χ3v) is 3.72. The number of hydrogen-bond donors (Lipinski definition) is 2. The van der Waals surface area contributed by atoms with Crippen LogP contribution in [-0.2, 0) is 4.79 Å². The van der Waals surface area contributed by atoms with Gasteiger partial charge in [-0.25, -0.2) is 0 Å². The first-order valence-electron chi connectivity index (χ1n) is 7.84. The molecular formula is C17H27ClN2O2. The van der Waals surface area contributed by atoms with Crippen LogP contribution in [0.3, 0.4) is 0 Å². The number of hydrogen-bond acceptors (Lipinski definition) is 3. The van der Waals surface area contributed by atoms with Gasteiger partial charge in [-0.05, 0) is 57.9 Å². The fourth-order valence-corrected chi connectivity index (χ4v) is 2.65. The molecule has 2 N–H and O–H groups in total. The molecule has 22 heavy (non-hydrogen) atoms. The van der Waals surface area contributed by atoms with Crippen molar-refractivity contribution in [2.24, 2.45) is 0 Å². The highest BCUT2D eigenvalue weighted by atomic mass is 35.5. The second-order valence-corrected chi connectivity index (χ2v) is 6.02. The van der Waals surface area contributed by atoms with Crippen molar-refractivity contribution in [1.29, 1.82) is 0 Å². The fraction of sp³-hybridized carbons (Fsp3) is 0.588. The number of benzene rings is 1. The molecule has 0 bridgehead atoms. The number of rotatable bonds is 6. The summed E-state index contributed by atoms with van der Waals surface area (Å²) in [6.07, 6.45) is 3.01. The zero-order valence-electron chi connectivity index (χ0n) is 13.6. The maximum Gasteiger partial charge on any atom is 0.222 e. The van der Waals surface area contributed by atoms with E-state index in [2.05, 4.69) is 10.6 Å². The third kappa shape index (κ3) is 5.85. The molecule has 0 radical (unpaired) electrons. The maximum atomic E-state index is 12.0. The molecule has 0 aliphatic carbocycles. The van der Waals surface area contributed by atoms with Crippen molar-refractivity contribution in [1.82, 2.24) is 10.6 Å². The van der Waals surface area contributed by atoms with Gasteiger partial charge in [0.05, 0.1) is 12.1 Å². The molecule has 1 amide bonds. The van der Waals surface area contributed by atoms with Gasteiger partial charge in [0.2, 0.25) is 5.91 Å². The molecule has 5 heteroatoms. The van der Waals surface area contributed by atoms with Crippen LogP contribution in [0.5, 0.6) is 5.75 Å². The van der Waals surface area contributed by atoms with E-state index in [0.29, 0.717) is 12.5 Å². The van der Waals surface area contributed by atoms with Crippen LogP contribution in [-0.4, -0.2) is 24.6 Å². The Labute approximate surface area is 139 Å². The Morgan fingerprint density at radius 1 is 1.32 bits per heavy atom. The first-order chi connectivity index (χ1) is 10.0. The lowest BCUT2D eigenvalue weighted by Crippen LogP contribution is -2.33. The van der Waals surface area contributed by atoms with Crippen LogP contribution in [0, 0.1) is 0 Å². The van der Waals surface area contributed by atoms with Crippen molar-refractivity contribution in [2.75, 3.05) is 6.54 Å².